The van der Waals surface area contributed by atoms with Gasteiger partial charge in [0.25, 0.3) is 0 Å². The fourth-order valence-corrected chi connectivity index (χ4v) is 3.23. The van der Waals surface area contributed by atoms with Crippen molar-refractivity contribution in [3.05, 3.63) is 28.0 Å². The summed E-state index contributed by atoms with van der Waals surface area (Å²) < 4.78 is 15.0. The Morgan fingerprint density at radius 1 is 1.24 bits per heavy atom. The van der Waals surface area contributed by atoms with Crippen molar-refractivity contribution in [2.45, 2.75) is 0 Å². The number of ether oxygens (including phenoxy) is 2. The topological polar surface area (TPSA) is 43.7 Å². The minimum atomic E-state index is 0.426. The van der Waals surface area contributed by atoms with Crippen LogP contribution in [0.5, 0.6) is 11.5 Å². The quantitative estimate of drug-likeness (QED) is 0.815. The molecule has 1 aromatic carbocycles. The third kappa shape index (κ3) is 2.77. The Balaban J connectivity index is 2.45. The minimum absolute atomic E-state index is 0.426. The average Bonchev–Trinajstić information content (AvgIpc) is 2.75. The van der Waals surface area contributed by atoms with Crippen LogP contribution in [0.2, 0.25) is 5.15 Å². The van der Waals surface area contributed by atoms with Crippen molar-refractivity contribution in [1.29, 1.82) is 0 Å². The number of methoxy groups -OCH3 is 2. The van der Waals surface area contributed by atoms with E-state index < -0.39 is 0 Å². The summed E-state index contributed by atoms with van der Waals surface area (Å²) in [5.41, 5.74) is 0.751. The molecule has 4 nitrogen and oxygen atoms in total. The molecule has 0 atom stereocenters. The standard InChI is InChI=1S/C10H9ClN2O2S2/c1-14-7-4-3-6(5-8(7)15-2)12-10-9(11)13-17-16-10/h3-5H,1-2H3. The van der Waals surface area contributed by atoms with E-state index >= 15 is 0 Å². The number of halogens is 1. The molecule has 0 N–H and O–H groups in total. The molecule has 17 heavy (non-hydrogen) atoms. The van der Waals surface area contributed by atoms with Crippen LogP contribution in [0, 0.1) is 0 Å². The van der Waals surface area contributed by atoms with Crippen molar-refractivity contribution in [1.82, 2.24) is 4.37 Å². The Morgan fingerprint density at radius 2 is 2.00 bits per heavy atom. The lowest BCUT2D eigenvalue weighted by Crippen LogP contribution is -1.93. The lowest BCUT2D eigenvalue weighted by atomic mass is 10.3. The highest BCUT2D eigenvalue weighted by Crippen LogP contribution is 2.30. The summed E-state index contributed by atoms with van der Waals surface area (Å²) in [6, 6.07) is 5.43. The van der Waals surface area contributed by atoms with E-state index in [1.807, 2.05) is 6.07 Å². The normalized spacial score (nSPS) is 11.6. The van der Waals surface area contributed by atoms with Crippen LogP contribution in [0.4, 0.5) is 5.69 Å². The number of aromatic nitrogens is 1. The Hall–Kier alpha value is -1.11. The van der Waals surface area contributed by atoms with Crippen molar-refractivity contribution in [2.24, 2.45) is 4.99 Å². The average molecular weight is 289 g/mol. The number of hydrogen-bond acceptors (Lipinski definition) is 6. The molecule has 2 aromatic rings. The molecule has 0 spiro atoms. The zero-order valence-corrected chi connectivity index (χ0v) is 11.5. The second-order valence-electron chi connectivity index (χ2n) is 3.00. The number of rotatable bonds is 3. The van der Waals surface area contributed by atoms with Crippen LogP contribution >= 0.6 is 32.5 Å². The summed E-state index contributed by atoms with van der Waals surface area (Å²) in [5, 5.41) is 0.426. The van der Waals surface area contributed by atoms with E-state index in [1.54, 1.807) is 26.4 Å². The zero-order chi connectivity index (χ0) is 12.3. The number of hydrogen-bond donors (Lipinski definition) is 0. The Labute approximate surface area is 111 Å². The molecule has 90 valence electrons. The van der Waals surface area contributed by atoms with Gasteiger partial charge < -0.3 is 9.47 Å². The molecule has 1 aromatic heterocycles. The monoisotopic (exact) mass is 288 g/mol. The first-order valence-corrected chi connectivity index (χ1v) is 7.11. The molecule has 0 aliphatic rings. The molecule has 0 radical (unpaired) electrons. The summed E-state index contributed by atoms with van der Waals surface area (Å²) in [6.45, 7) is 0. The van der Waals surface area contributed by atoms with Crippen molar-refractivity contribution in [3.8, 4) is 11.5 Å². The molecular formula is C10H9ClN2O2S2. The summed E-state index contributed by atoms with van der Waals surface area (Å²) in [5.74, 6) is 1.31. The molecule has 0 fully saturated rings. The van der Waals surface area contributed by atoms with E-state index in [0.29, 0.717) is 21.3 Å². The van der Waals surface area contributed by atoms with Gasteiger partial charge in [0.1, 0.15) is 0 Å². The maximum Gasteiger partial charge on any atom is 0.179 e. The Bertz CT molecular complexity index is 580. The summed E-state index contributed by atoms with van der Waals surface area (Å²) in [6.07, 6.45) is 0. The first kappa shape index (κ1) is 12.3. The molecule has 7 heteroatoms. The summed E-state index contributed by atoms with van der Waals surface area (Å²) in [4.78, 5) is 4.38. The SMILES string of the molecule is COc1ccc(N=c2ssnc2Cl)cc1OC. The molecule has 0 saturated heterocycles. The van der Waals surface area contributed by atoms with E-state index in [0.717, 1.165) is 5.69 Å². The van der Waals surface area contributed by atoms with Gasteiger partial charge in [-0.3, -0.25) is 0 Å². The van der Waals surface area contributed by atoms with Gasteiger partial charge >= 0.3 is 0 Å². The van der Waals surface area contributed by atoms with Crippen molar-refractivity contribution in [3.63, 3.8) is 0 Å². The molecule has 0 aliphatic heterocycles. The van der Waals surface area contributed by atoms with E-state index in [1.165, 1.54) is 20.9 Å². The van der Waals surface area contributed by atoms with Crippen molar-refractivity contribution in [2.75, 3.05) is 14.2 Å². The molecule has 0 bridgehead atoms. The van der Waals surface area contributed by atoms with Crippen LogP contribution < -0.4 is 14.1 Å². The van der Waals surface area contributed by atoms with E-state index in [9.17, 15) is 0 Å². The van der Waals surface area contributed by atoms with Crippen molar-refractivity contribution >= 4 is 38.2 Å². The molecule has 0 unspecified atom stereocenters. The third-order valence-electron chi connectivity index (χ3n) is 2.01. The zero-order valence-electron chi connectivity index (χ0n) is 9.14. The third-order valence-corrected chi connectivity index (χ3v) is 4.18. The van der Waals surface area contributed by atoms with E-state index in [-0.39, 0.29) is 0 Å². The van der Waals surface area contributed by atoms with Crippen LogP contribution in [0.3, 0.4) is 0 Å². The van der Waals surface area contributed by atoms with Gasteiger partial charge in [0.15, 0.2) is 21.3 Å². The molecule has 2 rings (SSSR count). The molecular weight excluding hydrogens is 280 g/mol. The van der Waals surface area contributed by atoms with Crippen LogP contribution in [0.15, 0.2) is 23.2 Å². The largest absolute Gasteiger partial charge is 0.493 e. The van der Waals surface area contributed by atoms with Gasteiger partial charge in [0, 0.05) is 16.6 Å². The highest BCUT2D eigenvalue weighted by Gasteiger charge is 2.04. The van der Waals surface area contributed by atoms with E-state index in [4.69, 9.17) is 21.1 Å². The Kier molecular flexibility index (Phi) is 3.98. The van der Waals surface area contributed by atoms with E-state index in [2.05, 4.69) is 9.37 Å². The highest BCUT2D eigenvalue weighted by molar-refractivity contribution is 7.66. The highest BCUT2D eigenvalue weighted by atomic mass is 35.5. The van der Waals surface area contributed by atoms with Gasteiger partial charge in [-0.1, -0.05) is 11.6 Å². The van der Waals surface area contributed by atoms with Gasteiger partial charge in [-0.05, 0) is 22.5 Å². The van der Waals surface area contributed by atoms with Gasteiger partial charge in [-0.15, -0.1) is 0 Å². The first-order chi connectivity index (χ1) is 8.24. The minimum Gasteiger partial charge on any atom is -0.493 e. The molecule has 0 aliphatic carbocycles. The van der Waals surface area contributed by atoms with Crippen LogP contribution in [0.1, 0.15) is 0 Å². The van der Waals surface area contributed by atoms with Gasteiger partial charge in [-0.2, -0.15) is 4.37 Å². The second-order valence-corrected chi connectivity index (χ2v) is 5.19. The number of benzene rings is 1. The van der Waals surface area contributed by atoms with Crippen LogP contribution in [-0.4, -0.2) is 18.6 Å². The molecule has 1 heterocycles. The van der Waals surface area contributed by atoms with Gasteiger partial charge in [0.2, 0.25) is 0 Å². The molecule has 0 amide bonds. The summed E-state index contributed by atoms with van der Waals surface area (Å²) in [7, 11) is 5.92. The van der Waals surface area contributed by atoms with Gasteiger partial charge in [0.05, 0.1) is 19.9 Å². The Morgan fingerprint density at radius 3 is 2.59 bits per heavy atom. The fourth-order valence-electron chi connectivity index (χ4n) is 1.24. The maximum absolute atomic E-state index is 5.88. The smallest absolute Gasteiger partial charge is 0.179 e. The maximum atomic E-state index is 5.88. The number of nitrogens with zero attached hydrogens (tertiary/aromatic N) is 2. The van der Waals surface area contributed by atoms with Crippen LogP contribution in [0.25, 0.3) is 0 Å². The van der Waals surface area contributed by atoms with Gasteiger partial charge in [-0.25, -0.2) is 4.99 Å². The van der Waals surface area contributed by atoms with Crippen LogP contribution in [-0.2, 0) is 0 Å². The van der Waals surface area contributed by atoms with Crippen molar-refractivity contribution < 1.29 is 9.47 Å². The predicted molar refractivity (Wildman–Crippen MR) is 69.8 cm³/mol. The lowest BCUT2D eigenvalue weighted by molar-refractivity contribution is 0.355. The molecule has 0 saturated carbocycles. The summed E-state index contributed by atoms with van der Waals surface area (Å²) >= 11 is 5.88. The lowest BCUT2D eigenvalue weighted by Gasteiger charge is -2.06. The predicted octanol–water partition coefficient (Wildman–Crippen LogP) is 3.11. The first-order valence-electron chi connectivity index (χ1n) is 4.63. The fraction of sp³-hybridized carbons (Fsp3) is 0.200. The second kappa shape index (κ2) is 5.48.